The van der Waals surface area contributed by atoms with E-state index in [1.807, 2.05) is 0 Å². The lowest BCUT2D eigenvalue weighted by atomic mass is 10.0. The molecular weight excluding hydrogens is 351 g/mol. The van der Waals surface area contributed by atoms with Gasteiger partial charge in [-0.25, -0.2) is 0 Å². The molecule has 0 aliphatic carbocycles. The molecule has 6 nitrogen and oxygen atoms in total. The van der Waals surface area contributed by atoms with Gasteiger partial charge in [-0.15, -0.1) is 0 Å². The fraction of sp³-hybridized carbons (Fsp3) is 0.842. The van der Waals surface area contributed by atoms with Crippen molar-refractivity contribution in [2.24, 2.45) is 10.9 Å². The van der Waals surface area contributed by atoms with E-state index in [1.54, 1.807) is 0 Å². The lowest BCUT2D eigenvalue weighted by molar-refractivity contribution is -0.119. The molecule has 1 unspecified atom stereocenters. The maximum Gasteiger partial charge on any atom is 0.187 e. The van der Waals surface area contributed by atoms with Gasteiger partial charge in [-0.1, -0.05) is 51.9 Å². The van der Waals surface area contributed by atoms with Crippen LogP contribution >= 0.6 is 8.46 Å². The summed E-state index contributed by atoms with van der Waals surface area (Å²) in [5, 5.41) is 12.7. The number of hydrogen-bond acceptors (Lipinski definition) is 6. The monoisotopic (exact) mass is 386 g/mol. The number of hydrogen-bond donors (Lipinski definition) is 2. The second-order valence-electron chi connectivity index (χ2n) is 6.74. The highest BCUT2D eigenvalue weighted by atomic mass is 31.1. The summed E-state index contributed by atoms with van der Waals surface area (Å²) in [6.45, 7) is 2.21. The number of aliphatic hydroxyl groups is 1. The van der Waals surface area contributed by atoms with Gasteiger partial charge in [0.2, 0.25) is 0 Å². The zero-order valence-corrected chi connectivity index (χ0v) is 17.0. The summed E-state index contributed by atoms with van der Waals surface area (Å²) >= 11 is 0. The van der Waals surface area contributed by atoms with Gasteiger partial charge in [0.1, 0.15) is 17.3 Å². The number of carbonyl (C=O) groups is 2. The number of nitrogens with zero attached hydrogens (tertiary/aromatic N) is 1. The summed E-state index contributed by atoms with van der Waals surface area (Å²) in [5.41, 5.74) is 0.360. The number of nitrogens with two attached hydrogens (primary N) is 1. The molecule has 150 valence electrons. The molecule has 0 aliphatic heterocycles. The van der Waals surface area contributed by atoms with E-state index in [2.05, 4.69) is 12.0 Å². The Morgan fingerprint density at radius 3 is 2.12 bits per heavy atom. The average molecular weight is 386 g/mol. The van der Waals surface area contributed by atoms with E-state index in [0.29, 0.717) is 31.4 Å². The zero-order chi connectivity index (χ0) is 19.6. The van der Waals surface area contributed by atoms with Crippen LogP contribution in [-0.4, -0.2) is 28.2 Å². The van der Waals surface area contributed by atoms with E-state index in [1.165, 1.54) is 32.1 Å². The van der Waals surface area contributed by atoms with Crippen LogP contribution in [0.15, 0.2) is 5.10 Å². The van der Waals surface area contributed by atoms with Gasteiger partial charge in [-0.3, -0.25) is 14.2 Å². The van der Waals surface area contributed by atoms with E-state index in [9.17, 15) is 14.2 Å². The highest BCUT2D eigenvalue weighted by molar-refractivity contribution is 7.24. The van der Waals surface area contributed by atoms with Crippen molar-refractivity contribution in [2.45, 2.75) is 103 Å². The second-order valence-corrected chi connectivity index (χ2v) is 7.55. The maximum absolute atomic E-state index is 12.1. The number of unbranched alkanes of at least 4 members (excludes halogenated alkanes) is 7. The van der Waals surface area contributed by atoms with Gasteiger partial charge in [0, 0.05) is 19.3 Å². The molecule has 7 heteroatoms. The third kappa shape index (κ3) is 14.1. The molecule has 0 radical (unpaired) electrons. The summed E-state index contributed by atoms with van der Waals surface area (Å²) in [6, 6.07) is 0. The van der Waals surface area contributed by atoms with Crippen LogP contribution in [0.2, 0.25) is 0 Å². The van der Waals surface area contributed by atoms with Crippen LogP contribution in [0.3, 0.4) is 0 Å². The highest BCUT2D eigenvalue weighted by Gasteiger charge is 2.13. The van der Waals surface area contributed by atoms with E-state index in [4.69, 9.17) is 10.9 Å². The van der Waals surface area contributed by atoms with Crippen LogP contribution in [0.25, 0.3) is 0 Å². The molecular formula is C19H35N2O4P. The van der Waals surface area contributed by atoms with E-state index < -0.39 is 5.85 Å². The van der Waals surface area contributed by atoms with Gasteiger partial charge in [0.25, 0.3) is 0 Å². The molecule has 0 fully saturated rings. The average Bonchev–Trinajstić information content (AvgIpc) is 2.65. The van der Waals surface area contributed by atoms with Crippen molar-refractivity contribution < 1.29 is 19.3 Å². The van der Waals surface area contributed by atoms with E-state index in [-0.39, 0.29) is 32.9 Å². The molecule has 3 N–H and O–H groups in total. The highest BCUT2D eigenvalue weighted by Crippen LogP contribution is 2.13. The summed E-state index contributed by atoms with van der Waals surface area (Å²) < 4.78 is 10.4. The minimum Gasteiger partial charge on any atom is -0.381 e. The van der Waals surface area contributed by atoms with Gasteiger partial charge in [0.05, 0.1) is 0 Å². The number of Topliss-reactive ketones (excluding diaryl/α,β-unsaturated/α-hetero) is 2. The molecule has 0 amide bonds. The molecule has 0 heterocycles. The van der Waals surface area contributed by atoms with Crippen LogP contribution < -0.4 is 5.84 Å². The van der Waals surface area contributed by atoms with Gasteiger partial charge >= 0.3 is 0 Å². The van der Waals surface area contributed by atoms with Crippen LogP contribution in [-0.2, 0) is 14.2 Å². The summed E-state index contributed by atoms with van der Waals surface area (Å²) in [5.74, 6) is 4.30. The van der Waals surface area contributed by atoms with E-state index in [0.717, 1.165) is 19.3 Å². The minimum absolute atomic E-state index is 0.0143. The van der Waals surface area contributed by atoms with Crippen molar-refractivity contribution in [1.29, 1.82) is 0 Å². The third-order valence-electron chi connectivity index (χ3n) is 4.41. The smallest absolute Gasteiger partial charge is 0.187 e. The lowest BCUT2D eigenvalue weighted by Gasteiger charge is -2.05. The first-order valence-corrected chi connectivity index (χ1v) is 10.8. The fourth-order valence-electron chi connectivity index (χ4n) is 2.76. The summed E-state index contributed by atoms with van der Waals surface area (Å²) in [7, 11) is -0.355. The number of carbonyl (C=O) groups excluding carboxylic acids is 2. The largest absolute Gasteiger partial charge is 0.381 e. The number of ketones is 2. The predicted molar refractivity (Wildman–Crippen MR) is 106 cm³/mol. The number of rotatable bonds is 18. The number of hydrazone groups is 1. The second kappa shape index (κ2) is 17.3. The Morgan fingerprint density at radius 1 is 0.923 bits per heavy atom. The van der Waals surface area contributed by atoms with Crippen molar-refractivity contribution in [3.63, 3.8) is 0 Å². The standard InChI is InChI=1S/C19H35N2O4P/c1-2-3-4-5-6-7-8-9-13-18(23)17(21-20)12-10-11-16(22)14-15-19(24)26-25/h19,24H,2-15,20H2,1H3. The van der Waals surface area contributed by atoms with E-state index >= 15 is 0 Å². The van der Waals surface area contributed by atoms with Crippen LogP contribution in [0.4, 0.5) is 0 Å². The van der Waals surface area contributed by atoms with Crippen molar-refractivity contribution in [1.82, 2.24) is 0 Å². The van der Waals surface area contributed by atoms with Crippen LogP contribution in [0.5, 0.6) is 0 Å². The molecule has 0 spiro atoms. The van der Waals surface area contributed by atoms with Crippen molar-refractivity contribution >= 4 is 25.7 Å². The topological polar surface area (TPSA) is 110 Å². The molecule has 0 rings (SSSR count). The molecule has 0 aromatic rings. The Morgan fingerprint density at radius 2 is 1.54 bits per heavy atom. The van der Waals surface area contributed by atoms with Crippen molar-refractivity contribution in [3.05, 3.63) is 0 Å². The Kier molecular flexibility index (Phi) is 16.5. The zero-order valence-electron chi connectivity index (χ0n) is 16.1. The number of aliphatic hydroxyl groups excluding tert-OH is 1. The third-order valence-corrected chi connectivity index (χ3v) is 4.91. The molecule has 0 aromatic heterocycles. The first kappa shape index (κ1) is 24.9. The molecule has 0 saturated carbocycles. The molecule has 0 aromatic carbocycles. The van der Waals surface area contributed by atoms with Gasteiger partial charge in [-0.2, -0.15) is 5.10 Å². The first-order valence-electron chi connectivity index (χ1n) is 9.87. The minimum atomic E-state index is -0.978. The summed E-state index contributed by atoms with van der Waals surface area (Å²) in [4.78, 5) is 23.8. The fourth-order valence-corrected chi connectivity index (χ4v) is 2.99. The molecule has 0 bridgehead atoms. The molecule has 26 heavy (non-hydrogen) atoms. The van der Waals surface area contributed by atoms with Gasteiger partial charge in [0.15, 0.2) is 14.2 Å². The lowest BCUT2D eigenvalue weighted by Crippen LogP contribution is -2.16. The van der Waals surface area contributed by atoms with Crippen molar-refractivity contribution in [3.8, 4) is 0 Å². The maximum atomic E-state index is 12.1. The Balaban J connectivity index is 3.80. The van der Waals surface area contributed by atoms with Crippen LogP contribution in [0.1, 0.15) is 96.8 Å². The Bertz CT molecular complexity index is 441. The molecule has 1 atom stereocenters. The first-order chi connectivity index (χ1) is 12.5. The molecule has 0 aliphatic rings. The summed E-state index contributed by atoms with van der Waals surface area (Å²) in [6.07, 6.45) is 11.5. The van der Waals surface area contributed by atoms with Gasteiger partial charge in [-0.05, 0) is 25.7 Å². The quantitative estimate of drug-likeness (QED) is 0.118. The SMILES string of the molecule is CCCCCCCCCCC(=O)C(CCCC(=O)CCC(O)P=O)=NN. The Labute approximate surface area is 159 Å². The van der Waals surface area contributed by atoms with Gasteiger partial charge < -0.3 is 10.9 Å². The van der Waals surface area contributed by atoms with Crippen LogP contribution in [0, 0.1) is 0 Å². The van der Waals surface area contributed by atoms with Crippen molar-refractivity contribution in [2.75, 3.05) is 0 Å². The molecule has 0 saturated heterocycles. The Hall–Kier alpha value is -1.13. The predicted octanol–water partition coefficient (Wildman–Crippen LogP) is 4.53. The normalized spacial score (nSPS) is 13.1.